The molecule has 1 aromatic carbocycles. The summed E-state index contributed by atoms with van der Waals surface area (Å²) in [6.07, 6.45) is 1.01. The third kappa shape index (κ3) is 1.18. The van der Waals surface area contributed by atoms with Gasteiger partial charge >= 0.3 is 0 Å². The van der Waals surface area contributed by atoms with Gasteiger partial charge in [0.05, 0.1) is 0 Å². The van der Waals surface area contributed by atoms with Crippen molar-refractivity contribution >= 4 is 0 Å². The van der Waals surface area contributed by atoms with Gasteiger partial charge in [-0.3, -0.25) is 0 Å². The highest BCUT2D eigenvalue weighted by molar-refractivity contribution is 5.42. The van der Waals surface area contributed by atoms with Gasteiger partial charge < -0.3 is 0 Å². The minimum Gasteiger partial charge on any atom is -0.207 e. The van der Waals surface area contributed by atoms with E-state index in [1.54, 1.807) is 6.07 Å². The Morgan fingerprint density at radius 2 is 2.00 bits per heavy atom. The third-order valence-electron chi connectivity index (χ3n) is 3.72. The molecule has 0 aromatic heterocycles. The van der Waals surface area contributed by atoms with Crippen molar-refractivity contribution in [1.29, 1.82) is 0 Å². The largest absolute Gasteiger partial charge is 0.207 e. The van der Waals surface area contributed by atoms with E-state index >= 15 is 0 Å². The molecule has 0 bridgehead atoms. The van der Waals surface area contributed by atoms with Crippen LogP contribution < -0.4 is 0 Å². The van der Waals surface area contributed by atoms with E-state index in [9.17, 15) is 4.39 Å². The molecule has 0 saturated heterocycles. The summed E-state index contributed by atoms with van der Waals surface area (Å²) in [6.45, 7) is 8.44. The molecule has 0 fully saturated rings. The second kappa shape index (κ2) is 2.82. The lowest BCUT2D eigenvalue weighted by Crippen LogP contribution is -2.22. The topological polar surface area (TPSA) is 0 Å². The predicted octanol–water partition coefficient (Wildman–Crippen LogP) is 3.60. The lowest BCUT2D eigenvalue weighted by molar-refractivity contribution is 0.368. The Kier molecular flexibility index (Phi) is 1.95. The Morgan fingerprint density at radius 3 is 2.64 bits per heavy atom. The van der Waals surface area contributed by atoms with Gasteiger partial charge in [-0.15, -0.1) is 0 Å². The molecule has 0 heterocycles. The molecule has 0 saturated carbocycles. The van der Waals surface area contributed by atoms with Crippen LogP contribution in [0, 0.1) is 18.7 Å². The standard InChI is InChI=1S/C13H17F/c1-8-5-10-7-9(2)13(3,4)12(10)11(14)6-8/h5-6,9H,7H2,1-4H3. The van der Waals surface area contributed by atoms with E-state index in [2.05, 4.69) is 26.8 Å². The third-order valence-corrected chi connectivity index (χ3v) is 3.72. The van der Waals surface area contributed by atoms with E-state index in [1.165, 1.54) is 5.56 Å². The van der Waals surface area contributed by atoms with Crippen molar-refractivity contribution in [1.82, 2.24) is 0 Å². The van der Waals surface area contributed by atoms with Crippen molar-refractivity contribution in [3.8, 4) is 0 Å². The van der Waals surface area contributed by atoms with Crippen LogP contribution in [0.2, 0.25) is 0 Å². The van der Waals surface area contributed by atoms with E-state index in [0.29, 0.717) is 5.92 Å². The molecule has 0 nitrogen and oxygen atoms in total. The van der Waals surface area contributed by atoms with Gasteiger partial charge in [-0.2, -0.15) is 0 Å². The number of hydrogen-bond donors (Lipinski definition) is 0. The van der Waals surface area contributed by atoms with Crippen LogP contribution in [0.4, 0.5) is 4.39 Å². The number of hydrogen-bond acceptors (Lipinski definition) is 0. The number of fused-ring (bicyclic) bond motifs is 1. The molecule has 1 aliphatic carbocycles. The Bertz CT molecular complexity index is 377. The van der Waals surface area contributed by atoms with Crippen molar-refractivity contribution in [2.75, 3.05) is 0 Å². The molecule has 14 heavy (non-hydrogen) atoms. The molecule has 1 heteroatoms. The number of halogens is 1. The van der Waals surface area contributed by atoms with Gasteiger partial charge in [0.15, 0.2) is 0 Å². The summed E-state index contributed by atoms with van der Waals surface area (Å²) >= 11 is 0. The normalized spacial score (nSPS) is 23.6. The maximum atomic E-state index is 13.8. The van der Waals surface area contributed by atoms with Gasteiger partial charge in [-0.1, -0.05) is 26.8 Å². The molecule has 0 spiro atoms. The highest BCUT2D eigenvalue weighted by Gasteiger charge is 2.38. The second-order valence-corrected chi connectivity index (χ2v) is 5.11. The molecule has 1 aliphatic rings. The summed E-state index contributed by atoms with van der Waals surface area (Å²) < 4.78 is 13.8. The van der Waals surface area contributed by atoms with Crippen LogP contribution >= 0.6 is 0 Å². The molecule has 1 atom stereocenters. The van der Waals surface area contributed by atoms with Crippen LogP contribution in [-0.2, 0) is 11.8 Å². The van der Waals surface area contributed by atoms with Crippen LogP contribution in [0.3, 0.4) is 0 Å². The molecule has 76 valence electrons. The van der Waals surface area contributed by atoms with E-state index in [1.807, 2.05) is 6.92 Å². The minimum absolute atomic E-state index is 0.00683. The van der Waals surface area contributed by atoms with Gasteiger partial charge in [-0.25, -0.2) is 4.39 Å². The van der Waals surface area contributed by atoms with Gasteiger partial charge in [0, 0.05) is 0 Å². The quantitative estimate of drug-likeness (QED) is 0.589. The average Bonchev–Trinajstić information content (AvgIpc) is 2.21. The monoisotopic (exact) mass is 192 g/mol. The van der Waals surface area contributed by atoms with Gasteiger partial charge in [0.1, 0.15) is 5.82 Å². The van der Waals surface area contributed by atoms with E-state index in [0.717, 1.165) is 17.5 Å². The van der Waals surface area contributed by atoms with Crippen molar-refractivity contribution in [2.45, 2.75) is 39.5 Å². The van der Waals surface area contributed by atoms with Gasteiger partial charge in [-0.05, 0) is 47.4 Å². The first-order valence-corrected chi connectivity index (χ1v) is 5.22. The van der Waals surface area contributed by atoms with Crippen LogP contribution in [0.1, 0.15) is 37.5 Å². The summed E-state index contributed by atoms with van der Waals surface area (Å²) in [4.78, 5) is 0. The van der Waals surface area contributed by atoms with Crippen LogP contribution in [0.25, 0.3) is 0 Å². The van der Waals surface area contributed by atoms with Crippen molar-refractivity contribution in [2.24, 2.45) is 5.92 Å². The fraction of sp³-hybridized carbons (Fsp3) is 0.538. The Labute approximate surface area is 85.1 Å². The lowest BCUT2D eigenvalue weighted by Gasteiger charge is -2.25. The molecule has 0 radical (unpaired) electrons. The summed E-state index contributed by atoms with van der Waals surface area (Å²) in [5.74, 6) is 0.517. The second-order valence-electron chi connectivity index (χ2n) is 5.11. The molecule has 2 rings (SSSR count). The average molecular weight is 192 g/mol. The smallest absolute Gasteiger partial charge is 0.127 e. The minimum atomic E-state index is -0.0191. The zero-order chi connectivity index (χ0) is 10.5. The molecular weight excluding hydrogens is 175 g/mol. The lowest BCUT2D eigenvalue weighted by atomic mass is 9.79. The SMILES string of the molecule is Cc1cc(F)c2c(c1)CC(C)C2(C)C. The number of benzene rings is 1. The summed E-state index contributed by atoms with van der Waals surface area (Å²) in [7, 11) is 0. The molecule has 0 N–H and O–H groups in total. The summed E-state index contributed by atoms with van der Waals surface area (Å²) in [5.41, 5.74) is 3.18. The van der Waals surface area contributed by atoms with Crippen molar-refractivity contribution in [3.05, 3.63) is 34.6 Å². The van der Waals surface area contributed by atoms with Gasteiger partial charge in [0.25, 0.3) is 0 Å². The Hall–Kier alpha value is -0.850. The molecule has 0 aliphatic heterocycles. The Balaban J connectivity index is 2.65. The van der Waals surface area contributed by atoms with Crippen molar-refractivity contribution < 1.29 is 4.39 Å². The van der Waals surface area contributed by atoms with Crippen LogP contribution in [0.15, 0.2) is 12.1 Å². The van der Waals surface area contributed by atoms with Gasteiger partial charge in [0.2, 0.25) is 0 Å². The first-order chi connectivity index (χ1) is 6.43. The van der Waals surface area contributed by atoms with E-state index in [4.69, 9.17) is 0 Å². The van der Waals surface area contributed by atoms with E-state index < -0.39 is 0 Å². The molecule has 1 aromatic rings. The molecule has 0 amide bonds. The zero-order valence-corrected chi connectivity index (χ0v) is 9.32. The van der Waals surface area contributed by atoms with Crippen LogP contribution in [0.5, 0.6) is 0 Å². The maximum absolute atomic E-state index is 13.8. The number of rotatable bonds is 0. The predicted molar refractivity (Wildman–Crippen MR) is 57.0 cm³/mol. The fourth-order valence-corrected chi connectivity index (χ4v) is 2.53. The highest BCUT2D eigenvalue weighted by Crippen LogP contribution is 2.44. The number of aryl methyl sites for hydroxylation is 1. The maximum Gasteiger partial charge on any atom is 0.127 e. The fourth-order valence-electron chi connectivity index (χ4n) is 2.53. The summed E-state index contributed by atoms with van der Waals surface area (Å²) in [5, 5.41) is 0. The van der Waals surface area contributed by atoms with Crippen molar-refractivity contribution in [3.63, 3.8) is 0 Å². The first kappa shape index (κ1) is 9.70. The molecule has 1 unspecified atom stereocenters. The van der Waals surface area contributed by atoms with E-state index in [-0.39, 0.29) is 11.2 Å². The zero-order valence-electron chi connectivity index (χ0n) is 9.32. The first-order valence-electron chi connectivity index (χ1n) is 5.22. The highest BCUT2D eigenvalue weighted by atomic mass is 19.1. The van der Waals surface area contributed by atoms with Crippen LogP contribution in [-0.4, -0.2) is 0 Å². The summed E-state index contributed by atoms with van der Waals surface area (Å²) in [6, 6.07) is 3.78. The Morgan fingerprint density at radius 1 is 1.36 bits per heavy atom. The molecular formula is C13H17F.